The predicted octanol–water partition coefficient (Wildman–Crippen LogP) is 2.92. The number of carbonyl (C=O) groups is 1. The Balaban J connectivity index is 1.78. The Kier molecular flexibility index (Phi) is 5.50. The highest BCUT2D eigenvalue weighted by atomic mass is 32.2. The van der Waals surface area contributed by atoms with Crippen molar-refractivity contribution in [3.05, 3.63) is 53.6 Å². The Labute approximate surface area is 151 Å². The monoisotopic (exact) mass is 359 g/mol. The van der Waals surface area contributed by atoms with E-state index in [-0.39, 0.29) is 22.9 Å². The molecule has 2 aromatic carbocycles. The van der Waals surface area contributed by atoms with Crippen LogP contribution in [0.1, 0.15) is 17.2 Å². The van der Waals surface area contributed by atoms with E-state index >= 15 is 0 Å². The number of carbonyl (C=O) groups excluding carboxylic acids is 1. The number of methoxy groups -OCH3 is 2. The highest BCUT2D eigenvalue weighted by Gasteiger charge is 2.31. The van der Waals surface area contributed by atoms with E-state index in [1.807, 2.05) is 30.3 Å². The van der Waals surface area contributed by atoms with Gasteiger partial charge in [0.2, 0.25) is 5.12 Å². The third kappa shape index (κ3) is 4.08. The molecule has 0 bridgehead atoms. The van der Waals surface area contributed by atoms with Gasteiger partial charge in [0.15, 0.2) is 0 Å². The summed E-state index contributed by atoms with van der Waals surface area (Å²) in [5.74, 6) is 2.37. The molecule has 2 aromatic rings. The molecule has 0 saturated carbocycles. The molecule has 3 rings (SSSR count). The molecule has 0 aliphatic carbocycles. The summed E-state index contributed by atoms with van der Waals surface area (Å²) in [5.41, 5.74) is 2.02. The number of hydrogen-bond donors (Lipinski definition) is 2. The van der Waals surface area contributed by atoms with Crippen molar-refractivity contribution in [1.29, 1.82) is 0 Å². The van der Waals surface area contributed by atoms with E-state index in [1.165, 1.54) is 11.8 Å². The van der Waals surface area contributed by atoms with Crippen molar-refractivity contribution in [2.45, 2.75) is 18.5 Å². The Morgan fingerprint density at radius 3 is 2.60 bits per heavy atom. The molecule has 1 aliphatic heterocycles. The van der Waals surface area contributed by atoms with Gasteiger partial charge in [0.05, 0.1) is 20.3 Å². The zero-order chi connectivity index (χ0) is 17.8. The minimum Gasteiger partial charge on any atom is -0.508 e. The summed E-state index contributed by atoms with van der Waals surface area (Å²) in [6.07, 6.45) is 0.584. The maximum Gasteiger partial charge on any atom is 0.206 e. The van der Waals surface area contributed by atoms with Crippen LogP contribution in [-0.4, -0.2) is 36.2 Å². The molecular formula is C19H21NO4S. The number of rotatable bonds is 5. The van der Waals surface area contributed by atoms with Crippen LogP contribution in [-0.2, 0) is 11.2 Å². The topological polar surface area (TPSA) is 67.8 Å². The number of thioether (sulfide) groups is 1. The highest BCUT2D eigenvalue weighted by Crippen LogP contribution is 2.34. The first kappa shape index (κ1) is 17.6. The quantitative estimate of drug-likeness (QED) is 0.856. The lowest BCUT2D eigenvalue weighted by molar-refractivity contribution is -0.113. The van der Waals surface area contributed by atoms with E-state index in [0.717, 1.165) is 22.6 Å². The van der Waals surface area contributed by atoms with Gasteiger partial charge in [-0.2, -0.15) is 0 Å². The first-order valence-electron chi connectivity index (χ1n) is 8.03. The zero-order valence-corrected chi connectivity index (χ0v) is 15.0. The molecule has 0 radical (unpaired) electrons. The number of ether oxygens (including phenoxy) is 2. The van der Waals surface area contributed by atoms with Crippen LogP contribution in [0.4, 0.5) is 0 Å². The van der Waals surface area contributed by atoms with Gasteiger partial charge in [0.25, 0.3) is 0 Å². The van der Waals surface area contributed by atoms with Crippen molar-refractivity contribution in [3.63, 3.8) is 0 Å². The van der Waals surface area contributed by atoms with Crippen molar-refractivity contribution in [2.75, 3.05) is 20.0 Å². The average Bonchev–Trinajstić information content (AvgIpc) is 2.65. The number of hydrogen-bond acceptors (Lipinski definition) is 6. The normalized spacial score (nSPS) is 20.3. The molecule has 1 heterocycles. The first-order chi connectivity index (χ1) is 12.1. The number of nitrogens with one attached hydrogen (secondary N) is 1. The van der Waals surface area contributed by atoms with Gasteiger partial charge in [-0.05, 0) is 30.2 Å². The summed E-state index contributed by atoms with van der Waals surface area (Å²) in [6.45, 7) is 0. The van der Waals surface area contributed by atoms with Crippen LogP contribution in [0.15, 0.2) is 42.5 Å². The van der Waals surface area contributed by atoms with Crippen molar-refractivity contribution in [2.24, 2.45) is 0 Å². The molecule has 25 heavy (non-hydrogen) atoms. The molecule has 0 spiro atoms. The van der Waals surface area contributed by atoms with Crippen LogP contribution < -0.4 is 14.8 Å². The maximum absolute atomic E-state index is 12.3. The van der Waals surface area contributed by atoms with Gasteiger partial charge < -0.3 is 14.6 Å². The van der Waals surface area contributed by atoms with E-state index in [1.54, 1.807) is 26.4 Å². The van der Waals surface area contributed by atoms with Gasteiger partial charge in [-0.15, -0.1) is 0 Å². The summed E-state index contributed by atoms with van der Waals surface area (Å²) in [7, 11) is 3.25. The van der Waals surface area contributed by atoms with E-state index in [0.29, 0.717) is 12.2 Å². The summed E-state index contributed by atoms with van der Waals surface area (Å²) < 4.78 is 10.7. The highest BCUT2D eigenvalue weighted by molar-refractivity contribution is 8.13. The summed E-state index contributed by atoms with van der Waals surface area (Å²) in [5, 5.41) is 13.0. The van der Waals surface area contributed by atoms with Gasteiger partial charge in [-0.1, -0.05) is 30.0 Å². The third-order valence-corrected chi connectivity index (χ3v) is 5.34. The van der Waals surface area contributed by atoms with E-state index < -0.39 is 0 Å². The van der Waals surface area contributed by atoms with Crippen molar-refractivity contribution < 1.29 is 19.4 Å². The fourth-order valence-electron chi connectivity index (χ4n) is 2.92. The van der Waals surface area contributed by atoms with Crippen molar-refractivity contribution in [3.8, 4) is 17.2 Å². The number of phenols is 1. The van der Waals surface area contributed by atoms with Gasteiger partial charge in [0, 0.05) is 23.4 Å². The minimum absolute atomic E-state index is 0.0191. The number of phenolic OH excluding ortho intramolecular Hbond substituents is 1. The first-order valence-corrected chi connectivity index (χ1v) is 9.02. The Bertz CT molecular complexity index is 748. The molecule has 2 atom stereocenters. The van der Waals surface area contributed by atoms with Crippen molar-refractivity contribution >= 4 is 16.9 Å². The van der Waals surface area contributed by atoms with E-state index in [4.69, 9.17) is 9.47 Å². The molecule has 1 saturated heterocycles. The smallest absolute Gasteiger partial charge is 0.206 e. The summed E-state index contributed by atoms with van der Waals surface area (Å²) >= 11 is 1.34. The molecule has 6 heteroatoms. The molecular weight excluding hydrogens is 338 g/mol. The van der Waals surface area contributed by atoms with Crippen molar-refractivity contribution in [1.82, 2.24) is 5.32 Å². The van der Waals surface area contributed by atoms with E-state index in [2.05, 4.69) is 5.32 Å². The fraction of sp³-hybridized carbons (Fsp3) is 0.316. The molecule has 1 fully saturated rings. The molecule has 0 amide bonds. The zero-order valence-electron chi connectivity index (χ0n) is 14.2. The fourth-order valence-corrected chi connectivity index (χ4v) is 3.88. The van der Waals surface area contributed by atoms with E-state index in [9.17, 15) is 9.90 Å². The summed E-state index contributed by atoms with van der Waals surface area (Å²) in [4.78, 5) is 12.3. The van der Waals surface area contributed by atoms with Crippen LogP contribution in [0.3, 0.4) is 0 Å². The average molecular weight is 359 g/mol. The molecule has 2 N–H and O–H groups in total. The number of benzene rings is 2. The lowest BCUT2D eigenvalue weighted by Gasteiger charge is -2.30. The SMILES string of the molecule is COc1ccc([C@@H]2CSC(=O)[C@H](Cc3ccc(O)cc3)N2)c(OC)c1. The lowest BCUT2D eigenvalue weighted by Crippen LogP contribution is -2.44. The van der Waals surface area contributed by atoms with Crippen LogP contribution in [0.2, 0.25) is 0 Å². The summed E-state index contributed by atoms with van der Waals surface area (Å²) in [6, 6.07) is 12.4. The van der Waals surface area contributed by atoms with Crippen LogP contribution in [0.5, 0.6) is 17.2 Å². The Morgan fingerprint density at radius 2 is 1.92 bits per heavy atom. The molecule has 0 aromatic heterocycles. The molecule has 1 aliphatic rings. The third-order valence-electron chi connectivity index (χ3n) is 4.27. The van der Waals surface area contributed by atoms with Crippen LogP contribution in [0, 0.1) is 0 Å². The Hall–Kier alpha value is -2.18. The second-order valence-electron chi connectivity index (χ2n) is 5.88. The molecule has 5 nitrogen and oxygen atoms in total. The minimum atomic E-state index is -0.278. The van der Waals surface area contributed by atoms with Gasteiger partial charge >= 0.3 is 0 Å². The second kappa shape index (κ2) is 7.80. The number of aromatic hydroxyl groups is 1. The van der Waals surface area contributed by atoms with Crippen LogP contribution >= 0.6 is 11.8 Å². The van der Waals surface area contributed by atoms with Gasteiger partial charge in [-0.3, -0.25) is 10.1 Å². The maximum atomic E-state index is 12.3. The largest absolute Gasteiger partial charge is 0.508 e. The standard InChI is InChI=1S/C19H21NO4S/c1-23-14-7-8-15(18(10-14)24-2)17-11-25-19(22)16(20-17)9-12-3-5-13(21)6-4-12/h3-8,10,16-17,20-21H,9,11H2,1-2H3/t16-,17-/m0/s1. The van der Waals surface area contributed by atoms with Gasteiger partial charge in [-0.25, -0.2) is 0 Å². The predicted molar refractivity (Wildman–Crippen MR) is 98.5 cm³/mol. The second-order valence-corrected chi connectivity index (χ2v) is 6.90. The lowest BCUT2D eigenvalue weighted by atomic mass is 10.0. The van der Waals surface area contributed by atoms with Gasteiger partial charge in [0.1, 0.15) is 17.2 Å². The Morgan fingerprint density at radius 1 is 1.16 bits per heavy atom. The van der Waals surface area contributed by atoms with Crippen LogP contribution in [0.25, 0.3) is 0 Å². The molecule has 0 unspecified atom stereocenters. The molecule has 132 valence electrons.